The molecule has 1 atom stereocenters. The van der Waals surface area contributed by atoms with Crippen LogP contribution in [0.15, 0.2) is 30.5 Å². The van der Waals surface area contributed by atoms with Gasteiger partial charge in [0.25, 0.3) is 0 Å². The third kappa shape index (κ3) is 2.31. The summed E-state index contributed by atoms with van der Waals surface area (Å²) in [6, 6.07) is 8.53. The highest BCUT2D eigenvalue weighted by atomic mass is 15.0. The summed E-state index contributed by atoms with van der Waals surface area (Å²) in [5, 5.41) is 3.43. The van der Waals surface area contributed by atoms with E-state index in [2.05, 4.69) is 46.5 Å². The van der Waals surface area contributed by atoms with Crippen molar-refractivity contribution in [1.29, 1.82) is 0 Å². The van der Waals surface area contributed by atoms with E-state index in [1.165, 1.54) is 24.0 Å². The smallest absolute Gasteiger partial charge is 0.110 e. The summed E-state index contributed by atoms with van der Waals surface area (Å²) in [6.45, 7) is 4.30. The Morgan fingerprint density at radius 2 is 2.28 bits per heavy atom. The fraction of sp³-hybridized carbons (Fsp3) is 0.400. The van der Waals surface area contributed by atoms with Crippen LogP contribution in [0, 0.1) is 6.92 Å². The first-order valence-corrected chi connectivity index (χ1v) is 6.65. The molecule has 0 radical (unpaired) electrons. The minimum absolute atomic E-state index is 0.539. The Morgan fingerprint density at radius 1 is 1.33 bits per heavy atom. The van der Waals surface area contributed by atoms with E-state index >= 15 is 0 Å². The predicted octanol–water partition coefficient (Wildman–Crippen LogP) is 2.85. The van der Waals surface area contributed by atoms with Crippen molar-refractivity contribution in [3.05, 3.63) is 41.9 Å². The number of benzene rings is 1. The van der Waals surface area contributed by atoms with E-state index in [1.54, 1.807) is 0 Å². The molecule has 3 rings (SSSR count). The van der Waals surface area contributed by atoms with Crippen LogP contribution in [0.1, 0.15) is 30.1 Å². The van der Waals surface area contributed by atoms with Crippen LogP contribution in [-0.4, -0.2) is 23.1 Å². The molecule has 2 heterocycles. The van der Waals surface area contributed by atoms with Gasteiger partial charge in [0.2, 0.25) is 0 Å². The van der Waals surface area contributed by atoms with Crippen LogP contribution in [0.2, 0.25) is 0 Å². The maximum absolute atomic E-state index is 4.55. The molecule has 1 unspecified atom stereocenters. The van der Waals surface area contributed by atoms with Crippen LogP contribution >= 0.6 is 0 Å². The molecule has 0 saturated carbocycles. The number of imidazole rings is 1. The van der Waals surface area contributed by atoms with E-state index in [9.17, 15) is 0 Å². The number of rotatable bonds is 2. The van der Waals surface area contributed by atoms with Crippen molar-refractivity contribution in [2.45, 2.75) is 25.7 Å². The molecule has 94 valence electrons. The van der Waals surface area contributed by atoms with Gasteiger partial charge in [-0.2, -0.15) is 0 Å². The van der Waals surface area contributed by atoms with E-state index in [0.717, 1.165) is 24.6 Å². The minimum Gasteiger partial charge on any atom is -0.342 e. The van der Waals surface area contributed by atoms with E-state index in [-0.39, 0.29) is 0 Å². The number of aromatic nitrogens is 2. The van der Waals surface area contributed by atoms with Crippen LogP contribution in [-0.2, 0) is 0 Å². The fourth-order valence-electron chi connectivity index (χ4n) is 2.59. The number of nitrogens with zero attached hydrogens (tertiary/aromatic N) is 1. The van der Waals surface area contributed by atoms with Gasteiger partial charge in [0, 0.05) is 12.5 Å². The molecular formula is C15H19N3. The number of hydrogen-bond donors (Lipinski definition) is 2. The normalized spacial score (nSPS) is 19.9. The molecule has 1 fully saturated rings. The summed E-state index contributed by atoms with van der Waals surface area (Å²) in [6.07, 6.45) is 4.43. The number of aromatic amines is 1. The summed E-state index contributed by atoms with van der Waals surface area (Å²) in [4.78, 5) is 8.03. The maximum atomic E-state index is 4.55. The highest BCUT2D eigenvalue weighted by Crippen LogP contribution is 2.24. The number of piperidine rings is 1. The fourth-order valence-corrected chi connectivity index (χ4v) is 2.59. The minimum atomic E-state index is 0.539. The summed E-state index contributed by atoms with van der Waals surface area (Å²) >= 11 is 0. The van der Waals surface area contributed by atoms with Gasteiger partial charge in [-0.3, -0.25) is 0 Å². The van der Waals surface area contributed by atoms with Gasteiger partial charge >= 0.3 is 0 Å². The number of aryl methyl sites for hydroxylation is 1. The summed E-state index contributed by atoms with van der Waals surface area (Å²) in [7, 11) is 0. The van der Waals surface area contributed by atoms with E-state index < -0.39 is 0 Å². The van der Waals surface area contributed by atoms with Gasteiger partial charge in [-0.1, -0.05) is 23.8 Å². The largest absolute Gasteiger partial charge is 0.342 e. The van der Waals surface area contributed by atoms with Gasteiger partial charge < -0.3 is 10.3 Å². The quantitative estimate of drug-likeness (QED) is 0.848. The van der Waals surface area contributed by atoms with Crippen LogP contribution < -0.4 is 5.32 Å². The molecule has 18 heavy (non-hydrogen) atoms. The SMILES string of the molecule is Cc1cccc(-c2cnc(C3CCCNC3)[nH]2)c1. The Bertz CT molecular complexity index is 524. The van der Waals surface area contributed by atoms with Crippen molar-refractivity contribution >= 4 is 0 Å². The molecular weight excluding hydrogens is 222 g/mol. The molecule has 2 N–H and O–H groups in total. The summed E-state index contributed by atoms with van der Waals surface area (Å²) in [5.74, 6) is 1.66. The zero-order valence-corrected chi connectivity index (χ0v) is 10.7. The van der Waals surface area contributed by atoms with E-state index in [0.29, 0.717) is 5.92 Å². The van der Waals surface area contributed by atoms with Crippen LogP contribution in [0.25, 0.3) is 11.3 Å². The molecule has 0 aliphatic carbocycles. The number of hydrogen-bond acceptors (Lipinski definition) is 2. The van der Waals surface area contributed by atoms with Gasteiger partial charge in [0.15, 0.2) is 0 Å². The predicted molar refractivity (Wildman–Crippen MR) is 73.6 cm³/mol. The summed E-state index contributed by atoms with van der Waals surface area (Å²) < 4.78 is 0. The third-order valence-electron chi connectivity index (χ3n) is 3.61. The maximum Gasteiger partial charge on any atom is 0.110 e. The van der Waals surface area contributed by atoms with Gasteiger partial charge in [-0.15, -0.1) is 0 Å². The lowest BCUT2D eigenvalue weighted by Crippen LogP contribution is -2.28. The second-order valence-electron chi connectivity index (χ2n) is 5.09. The van der Waals surface area contributed by atoms with Gasteiger partial charge in [-0.25, -0.2) is 4.98 Å². The first kappa shape index (κ1) is 11.5. The van der Waals surface area contributed by atoms with Crippen molar-refractivity contribution in [2.75, 3.05) is 13.1 Å². The molecule has 3 heteroatoms. The molecule has 1 aromatic carbocycles. The second kappa shape index (κ2) is 4.94. The lowest BCUT2D eigenvalue weighted by atomic mass is 9.99. The van der Waals surface area contributed by atoms with Crippen molar-refractivity contribution in [1.82, 2.24) is 15.3 Å². The van der Waals surface area contributed by atoms with Gasteiger partial charge in [0.05, 0.1) is 11.9 Å². The molecule has 0 bridgehead atoms. The third-order valence-corrected chi connectivity index (χ3v) is 3.61. The standard InChI is InChI=1S/C15H19N3/c1-11-4-2-5-12(8-11)14-10-17-15(18-14)13-6-3-7-16-9-13/h2,4-5,8,10,13,16H,3,6-7,9H2,1H3,(H,17,18). The Hall–Kier alpha value is -1.61. The van der Waals surface area contributed by atoms with Crippen molar-refractivity contribution < 1.29 is 0 Å². The average molecular weight is 241 g/mol. The first-order chi connectivity index (χ1) is 8.83. The van der Waals surface area contributed by atoms with Crippen LogP contribution in [0.4, 0.5) is 0 Å². The van der Waals surface area contributed by atoms with Gasteiger partial charge in [0.1, 0.15) is 5.82 Å². The Balaban J connectivity index is 1.84. The molecule has 0 spiro atoms. The number of nitrogens with one attached hydrogen (secondary N) is 2. The van der Waals surface area contributed by atoms with Crippen molar-refractivity contribution in [2.24, 2.45) is 0 Å². The molecule has 1 saturated heterocycles. The molecule has 1 aliphatic heterocycles. The summed E-state index contributed by atoms with van der Waals surface area (Å²) in [5.41, 5.74) is 3.62. The van der Waals surface area contributed by atoms with Crippen molar-refractivity contribution in [3.8, 4) is 11.3 Å². The second-order valence-corrected chi connectivity index (χ2v) is 5.09. The highest BCUT2D eigenvalue weighted by molar-refractivity contribution is 5.59. The molecule has 1 aromatic heterocycles. The molecule has 1 aliphatic rings. The monoisotopic (exact) mass is 241 g/mol. The molecule has 3 nitrogen and oxygen atoms in total. The molecule has 0 amide bonds. The van der Waals surface area contributed by atoms with Crippen LogP contribution in [0.3, 0.4) is 0 Å². The van der Waals surface area contributed by atoms with Crippen molar-refractivity contribution in [3.63, 3.8) is 0 Å². The zero-order chi connectivity index (χ0) is 12.4. The molecule has 2 aromatic rings. The van der Waals surface area contributed by atoms with E-state index in [4.69, 9.17) is 0 Å². The topological polar surface area (TPSA) is 40.7 Å². The lowest BCUT2D eigenvalue weighted by molar-refractivity contribution is 0.449. The Morgan fingerprint density at radius 3 is 3.06 bits per heavy atom. The zero-order valence-electron chi connectivity index (χ0n) is 10.7. The first-order valence-electron chi connectivity index (χ1n) is 6.65. The Labute approximate surface area is 108 Å². The highest BCUT2D eigenvalue weighted by Gasteiger charge is 2.18. The Kier molecular flexibility index (Phi) is 3.15. The van der Waals surface area contributed by atoms with Gasteiger partial charge in [-0.05, 0) is 37.9 Å². The van der Waals surface area contributed by atoms with Crippen LogP contribution in [0.5, 0.6) is 0 Å². The van der Waals surface area contributed by atoms with E-state index in [1.807, 2.05) is 6.20 Å². The average Bonchev–Trinajstić information content (AvgIpc) is 2.89. The lowest BCUT2D eigenvalue weighted by Gasteiger charge is -2.20. The number of H-pyrrole nitrogens is 1.